The minimum absolute atomic E-state index is 0.158. The average molecular weight is 312 g/mol. The second kappa shape index (κ2) is 6.44. The molecule has 0 aromatic heterocycles. The highest BCUT2D eigenvalue weighted by atomic mass is 32.2. The third kappa shape index (κ3) is 3.54. The lowest BCUT2D eigenvalue weighted by Gasteiger charge is -2.30. The van der Waals surface area contributed by atoms with Gasteiger partial charge in [-0.1, -0.05) is 0 Å². The van der Waals surface area contributed by atoms with E-state index in [1.807, 2.05) is 6.92 Å². The van der Waals surface area contributed by atoms with Gasteiger partial charge < -0.3 is 10.5 Å². The van der Waals surface area contributed by atoms with Crippen LogP contribution < -0.4 is 10.5 Å². The Morgan fingerprint density at radius 2 is 2.05 bits per heavy atom. The molecule has 0 unspecified atom stereocenters. The number of nitrogens with zero attached hydrogens (tertiary/aromatic N) is 1. The van der Waals surface area contributed by atoms with Crippen molar-refractivity contribution in [2.45, 2.75) is 24.7 Å². The molecule has 1 atom stereocenters. The standard InChI is InChI=1S/C14H20N2O4S/c1-2-20-12-5-7-13(8-6-12)21(18,19)16-9-3-4-11(10-16)14(15)17/h5-8,11H,2-4,9-10H2,1H3,(H2,15,17)/t11-/m1/s1. The van der Waals surface area contributed by atoms with Crippen LogP contribution in [0.25, 0.3) is 0 Å². The number of hydrogen-bond donors (Lipinski definition) is 1. The summed E-state index contributed by atoms with van der Waals surface area (Å²) in [5, 5.41) is 0. The monoisotopic (exact) mass is 312 g/mol. The molecule has 2 rings (SSSR count). The quantitative estimate of drug-likeness (QED) is 0.877. The molecule has 2 N–H and O–H groups in total. The van der Waals surface area contributed by atoms with Gasteiger partial charge in [-0.2, -0.15) is 4.31 Å². The maximum absolute atomic E-state index is 12.6. The Balaban J connectivity index is 2.18. The zero-order chi connectivity index (χ0) is 15.5. The van der Waals surface area contributed by atoms with Crippen LogP contribution in [0.5, 0.6) is 5.75 Å². The fourth-order valence-electron chi connectivity index (χ4n) is 2.42. The summed E-state index contributed by atoms with van der Waals surface area (Å²) in [7, 11) is -3.59. The molecule has 7 heteroatoms. The van der Waals surface area contributed by atoms with E-state index in [1.54, 1.807) is 12.1 Å². The second-order valence-electron chi connectivity index (χ2n) is 5.01. The SMILES string of the molecule is CCOc1ccc(S(=O)(=O)N2CCC[C@@H](C(N)=O)C2)cc1. The average Bonchev–Trinajstić information content (AvgIpc) is 2.48. The van der Waals surface area contributed by atoms with E-state index >= 15 is 0 Å². The molecule has 0 spiro atoms. The molecule has 0 aliphatic carbocycles. The van der Waals surface area contributed by atoms with Gasteiger partial charge in [0.25, 0.3) is 0 Å². The number of piperidine rings is 1. The largest absolute Gasteiger partial charge is 0.494 e. The summed E-state index contributed by atoms with van der Waals surface area (Å²) in [5.74, 6) is -0.220. The first kappa shape index (κ1) is 15.8. The van der Waals surface area contributed by atoms with E-state index in [2.05, 4.69) is 0 Å². The van der Waals surface area contributed by atoms with Crippen molar-refractivity contribution in [1.29, 1.82) is 0 Å². The minimum atomic E-state index is -3.59. The Kier molecular flexibility index (Phi) is 4.84. The van der Waals surface area contributed by atoms with Gasteiger partial charge in [-0.05, 0) is 44.0 Å². The molecule has 0 saturated carbocycles. The van der Waals surface area contributed by atoms with Gasteiger partial charge in [0.2, 0.25) is 15.9 Å². The van der Waals surface area contributed by atoms with Gasteiger partial charge >= 0.3 is 0 Å². The van der Waals surface area contributed by atoms with E-state index in [4.69, 9.17) is 10.5 Å². The molecule has 1 aliphatic heterocycles. The molecule has 1 saturated heterocycles. The fraction of sp³-hybridized carbons (Fsp3) is 0.500. The van der Waals surface area contributed by atoms with Crippen LogP contribution in [-0.2, 0) is 14.8 Å². The van der Waals surface area contributed by atoms with Crippen LogP contribution >= 0.6 is 0 Å². The van der Waals surface area contributed by atoms with Crippen LogP contribution in [0.1, 0.15) is 19.8 Å². The molecule has 1 heterocycles. The molecule has 1 fully saturated rings. The first-order valence-corrected chi connectivity index (χ1v) is 8.41. The number of carbonyl (C=O) groups excluding carboxylic acids is 1. The Hall–Kier alpha value is -1.60. The summed E-state index contributed by atoms with van der Waals surface area (Å²) in [6, 6.07) is 6.31. The van der Waals surface area contributed by atoms with Gasteiger partial charge in [0.05, 0.1) is 17.4 Å². The van der Waals surface area contributed by atoms with Crippen LogP contribution in [0.15, 0.2) is 29.2 Å². The van der Waals surface area contributed by atoms with E-state index in [-0.39, 0.29) is 11.4 Å². The fourth-order valence-corrected chi connectivity index (χ4v) is 3.94. The maximum Gasteiger partial charge on any atom is 0.243 e. The highest BCUT2D eigenvalue weighted by Gasteiger charge is 2.32. The summed E-state index contributed by atoms with van der Waals surface area (Å²) in [5.41, 5.74) is 5.29. The normalized spacial score (nSPS) is 20.1. The Morgan fingerprint density at radius 3 is 2.62 bits per heavy atom. The number of ether oxygens (including phenoxy) is 1. The number of benzene rings is 1. The number of carbonyl (C=O) groups is 1. The number of nitrogens with two attached hydrogens (primary N) is 1. The predicted octanol–water partition coefficient (Wildman–Crippen LogP) is 0.971. The van der Waals surface area contributed by atoms with E-state index in [9.17, 15) is 13.2 Å². The molecular weight excluding hydrogens is 292 g/mol. The zero-order valence-electron chi connectivity index (χ0n) is 12.0. The summed E-state index contributed by atoms with van der Waals surface area (Å²) in [6.07, 6.45) is 1.29. The van der Waals surface area contributed by atoms with E-state index in [0.717, 1.165) is 0 Å². The molecular formula is C14H20N2O4S. The molecule has 1 aliphatic rings. The Labute approximate surface area is 124 Å². The molecule has 1 aromatic carbocycles. The second-order valence-corrected chi connectivity index (χ2v) is 6.95. The van der Waals surface area contributed by atoms with Crippen molar-refractivity contribution < 1.29 is 17.9 Å². The minimum Gasteiger partial charge on any atom is -0.494 e. The number of rotatable bonds is 5. The third-order valence-electron chi connectivity index (χ3n) is 3.56. The molecule has 0 bridgehead atoms. The van der Waals surface area contributed by atoms with Gasteiger partial charge in [0, 0.05) is 13.1 Å². The number of amides is 1. The van der Waals surface area contributed by atoms with Gasteiger partial charge in [0.1, 0.15) is 5.75 Å². The summed E-state index contributed by atoms with van der Waals surface area (Å²) < 4.78 is 31.7. The molecule has 21 heavy (non-hydrogen) atoms. The highest BCUT2D eigenvalue weighted by molar-refractivity contribution is 7.89. The van der Waals surface area contributed by atoms with Crippen LogP contribution in [0.4, 0.5) is 0 Å². The van der Waals surface area contributed by atoms with Crippen molar-refractivity contribution in [2.24, 2.45) is 11.7 Å². The Bertz CT molecular complexity index is 598. The molecule has 1 amide bonds. The summed E-state index contributed by atoms with van der Waals surface area (Å²) >= 11 is 0. The number of primary amides is 1. The van der Waals surface area contributed by atoms with E-state index < -0.39 is 21.8 Å². The first-order valence-electron chi connectivity index (χ1n) is 6.97. The van der Waals surface area contributed by atoms with Gasteiger partial charge in [0.15, 0.2) is 0 Å². The van der Waals surface area contributed by atoms with Crippen molar-refractivity contribution in [3.8, 4) is 5.75 Å². The lowest BCUT2D eigenvalue weighted by Crippen LogP contribution is -2.43. The van der Waals surface area contributed by atoms with Crippen molar-refractivity contribution in [2.75, 3.05) is 19.7 Å². The molecule has 116 valence electrons. The topological polar surface area (TPSA) is 89.7 Å². The van der Waals surface area contributed by atoms with E-state index in [1.165, 1.54) is 16.4 Å². The van der Waals surface area contributed by atoms with Crippen LogP contribution in [-0.4, -0.2) is 38.3 Å². The van der Waals surface area contributed by atoms with Gasteiger partial charge in [-0.15, -0.1) is 0 Å². The number of sulfonamides is 1. The Morgan fingerprint density at radius 1 is 1.38 bits per heavy atom. The van der Waals surface area contributed by atoms with Crippen LogP contribution in [0.3, 0.4) is 0 Å². The van der Waals surface area contributed by atoms with Crippen LogP contribution in [0.2, 0.25) is 0 Å². The van der Waals surface area contributed by atoms with Crippen LogP contribution in [0, 0.1) is 5.92 Å². The maximum atomic E-state index is 12.6. The predicted molar refractivity (Wildman–Crippen MR) is 78.3 cm³/mol. The third-order valence-corrected chi connectivity index (χ3v) is 5.44. The summed E-state index contributed by atoms with van der Waals surface area (Å²) in [6.45, 7) is 2.96. The van der Waals surface area contributed by atoms with Crippen molar-refractivity contribution >= 4 is 15.9 Å². The highest BCUT2D eigenvalue weighted by Crippen LogP contribution is 2.25. The number of hydrogen-bond acceptors (Lipinski definition) is 4. The van der Waals surface area contributed by atoms with Crippen molar-refractivity contribution in [3.63, 3.8) is 0 Å². The van der Waals surface area contributed by atoms with Crippen molar-refractivity contribution in [3.05, 3.63) is 24.3 Å². The summed E-state index contributed by atoms with van der Waals surface area (Å²) in [4.78, 5) is 11.5. The zero-order valence-corrected chi connectivity index (χ0v) is 12.8. The first-order chi connectivity index (χ1) is 9.95. The van der Waals surface area contributed by atoms with Crippen molar-refractivity contribution in [1.82, 2.24) is 4.31 Å². The lowest BCUT2D eigenvalue weighted by molar-refractivity contribution is -0.122. The lowest BCUT2D eigenvalue weighted by atomic mass is 9.99. The van der Waals surface area contributed by atoms with Gasteiger partial charge in [-0.25, -0.2) is 8.42 Å². The van der Waals surface area contributed by atoms with E-state index in [0.29, 0.717) is 31.7 Å². The molecule has 1 aromatic rings. The molecule has 6 nitrogen and oxygen atoms in total. The van der Waals surface area contributed by atoms with Gasteiger partial charge in [-0.3, -0.25) is 4.79 Å². The smallest absolute Gasteiger partial charge is 0.243 e. The molecule has 0 radical (unpaired) electrons.